The van der Waals surface area contributed by atoms with Gasteiger partial charge in [-0.15, -0.1) is 0 Å². The van der Waals surface area contributed by atoms with Crippen LogP contribution >= 0.6 is 0 Å². The van der Waals surface area contributed by atoms with Crippen molar-refractivity contribution in [3.05, 3.63) is 66.2 Å². The van der Waals surface area contributed by atoms with E-state index in [1.165, 1.54) is 0 Å². The maximum absolute atomic E-state index is 5.77. The summed E-state index contributed by atoms with van der Waals surface area (Å²) in [6.07, 6.45) is 4.11. The molecule has 0 bridgehead atoms. The van der Waals surface area contributed by atoms with Crippen molar-refractivity contribution >= 4 is 5.95 Å². The Kier molecular flexibility index (Phi) is 3.33. The van der Waals surface area contributed by atoms with Crippen LogP contribution < -0.4 is 5.73 Å². The van der Waals surface area contributed by atoms with Gasteiger partial charge < -0.3 is 5.73 Å². The van der Waals surface area contributed by atoms with Crippen LogP contribution in [-0.4, -0.2) is 19.9 Å². The summed E-state index contributed by atoms with van der Waals surface area (Å²) in [5.74, 6) is 1.47. The zero-order chi connectivity index (χ0) is 13.8. The van der Waals surface area contributed by atoms with Gasteiger partial charge in [-0.1, -0.05) is 36.4 Å². The van der Waals surface area contributed by atoms with E-state index in [-0.39, 0.29) is 5.95 Å². The van der Waals surface area contributed by atoms with Gasteiger partial charge in [-0.05, 0) is 11.6 Å². The van der Waals surface area contributed by atoms with E-state index in [4.69, 9.17) is 5.73 Å². The van der Waals surface area contributed by atoms with Crippen molar-refractivity contribution in [2.24, 2.45) is 0 Å². The molecule has 2 N–H and O–H groups in total. The first-order valence-corrected chi connectivity index (χ1v) is 6.26. The predicted molar refractivity (Wildman–Crippen MR) is 76.7 cm³/mol. The minimum atomic E-state index is 0.234. The molecule has 3 aromatic rings. The van der Waals surface area contributed by atoms with Gasteiger partial charge in [0.2, 0.25) is 5.95 Å². The number of hydrogen-bond donors (Lipinski definition) is 1. The average Bonchev–Trinajstić information content (AvgIpc) is 2.49. The second-order valence-corrected chi connectivity index (χ2v) is 4.34. The van der Waals surface area contributed by atoms with Crippen molar-refractivity contribution in [3.8, 4) is 11.4 Å². The molecule has 0 fully saturated rings. The van der Waals surface area contributed by atoms with Crippen LogP contribution in [0.3, 0.4) is 0 Å². The van der Waals surface area contributed by atoms with Crippen LogP contribution in [0.15, 0.2) is 54.9 Å². The van der Waals surface area contributed by atoms with Crippen LogP contribution in [0.1, 0.15) is 11.4 Å². The fourth-order valence-electron chi connectivity index (χ4n) is 1.92. The van der Waals surface area contributed by atoms with E-state index in [0.717, 1.165) is 11.1 Å². The van der Waals surface area contributed by atoms with Gasteiger partial charge in [0.1, 0.15) is 5.82 Å². The van der Waals surface area contributed by atoms with E-state index in [2.05, 4.69) is 19.9 Å². The molecule has 98 valence electrons. The first-order chi connectivity index (χ1) is 9.81. The fourth-order valence-corrected chi connectivity index (χ4v) is 1.92. The van der Waals surface area contributed by atoms with Crippen LogP contribution in [-0.2, 0) is 6.42 Å². The van der Waals surface area contributed by atoms with Gasteiger partial charge in [0, 0.05) is 24.4 Å². The highest BCUT2D eigenvalue weighted by molar-refractivity contribution is 5.55. The van der Waals surface area contributed by atoms with E-state index in [9.17, 15) is 0 Å². The number of anilines is 1. The zero-order valence-electron chi connectivity index (χ0n) is 10.8. The molecule has 0 aliphatic rings. The smallest absolute Gasteiger partial charge is 0.223 e. The Hall–Kier alpha value is -2.82. The van der Waals surface area contributed by atoms with Gasteiger partial charge in [-0.25, -0.2) is 4.98 Å². The van der Waals surface area contributed by atoms with Gasteiger partial charge in [-0.2, -0.15) is 9.97 Å². The van der Waals surface area contributed by atoms with Crippen LogP contribution in [0.25, 0.3) is 11.4 Å². The lowest BCUT2D eigenvalue weighted by atomic mass is 10.2. The van der Waals surface area contributed by atoms with Crippen LogP contribution in [0.4, 0.5) is 5.95 Å². The molecule has 2 heterocycles. The first-order valence-electron chi connectivity index (χ1n) is 6.26. The molecule has 5 heteroatoms. The number of benzene rings is 1. The molecule has 0 aliphatic heterocycles. The fraction of sp³-hybridized carbons (Fsp3) is 0.0667. The monoisotopic (exact) mass is 263 g/mol. The molecule has 0 saturated carbocycles. The van der Waals surface area contributed by atoms with Crippen molar-refractivity contribution in [3.63, 3.8) is 0 Å². The van der Waals surface area contributed by atoms with E-state index >= 15 is 0 Å². The normalized spacial score (nSPS) is 10.4. The van der Waals surface area contributed by atoms with Gasteiger partial charge in [0.25, 0.3) is 0 Å². The highest BCUT2D eigenvalue weighted by atomic mass is 15.1. The maximum Gasteiger partial charge on any atom is 0.223 e. The Bertz CT molecular complexity index is 698. The van der Waals surface area contributed by atoms with Crippen LogP contribution in [0.2, 0.25) is 0 Å². The summed E-state index contributed by atoms with van der Waals surface area (Å²) >= 11 is 0. The predicted octanol–water partition coefficient (Wildman–Crippen LogP) is 2.11. The summed E-state index contributed by atoms with van der Waals surface area (Å²) in [6, 6.07) is 13.6. The molecule has 5 nitrogen and oxygen atoms in total. The highest BCUT2D eigenvalue weighted by Gasteiger charge is 2.07. The van der Waals surface area contributed by atoms with Crippen molar-refractivity contribution in [2.45, 2.75) is 6.42 Å². The molecule has 0 unspecified atom stereocenters. The van der Waals surface area contributed by atoms with Crippen molar-refractivity contribution < 1.29 is 0 Å². The van der Waals surface area contributed by atoms with Crippen LogP contribution in [0.5, 0.6) is 0 Å². The number of nitrogens with zero attached hydrogens (tertiary/aromatic N) is 4. The van der Waals surface area contributed by atoms with Gasteiger partial charge in [-0.3, -0.25) is 4.98 Å². The molecule has 0 saturated heterocycles. The zero-order valence-corrected chi connectivity index (χ0v) is 10.8. The van der Waals surface area contributed by atoms with E-state index in [1.807, 2.05) is 42.5 Å². The standard InChI is InChI=1S/C15H13N5/c16-15-19-13(9-11-5-4-8-17-10-11)18-14(20-15)12-6-2-1-3-7-12/h1-8,10H,9H2,(H2,16,18,19,20). The molecule has 20 heavy (non-hydrogen) atoms. The summed E-state index contributed by atoms with van der Waals surface area (Å²) in [7, 11) is 0. The molecule has 0 atom stereocenters. The number of aromatic nitrogens is 4. The highest BCUT2D eigenvalue weighted by Crippen LogP contribution is 2.15. The minimum absolute atomic E-state index is 0.234. The summed E-state index contributed by atoms with van der Waals surface area (Å²) in [4.78, 5) is 16.9. The van der Waals surface area contributed by atoms with Crippen molar-refractivity contribution in [1.29, 1.82) is 0 Å². The number of nitrogens with two attached hydrogens (primary N) is 1. The Morgan fingerprint density at radius 1 is 0.900 bits per heavy atom. The molecule has 0 radical (unpaired) electrons. The average molecular weight is 263 g/mol. The summed E-state index contributed by atoms with van der Waals surface area (Å²) in [5, 5.41) is 0. The van der Waals surface area contributed by atoms with Gasteiger partial charge in [0.05, 0.1) is 0 Å². The second kappa shape index (κ2) is 5.44. The molecule has 0 amide bonds. The Morgan fingerprint density at radius 2 is 1.75 bits per heavy atom. The summed E-state index contributed by atoms with van der Waals surface area (Å²) in [5.41, 5.74) is 7.74. The molecule has 3 rings (SSSR count). The Morgan fingerprint density at radius 3 is 2.50 bits per heavy atom. The lowest BCUT2D eigenvalue weighted by Gasteiger charge is -2.05. The van der Waals surface area contributed by atoms with E-state index in [1.54, 1.807) is 12.4 Å². The van der Waals surface area contributed by atoms with Gasteiger partial charge in [0.15, 0.2) is 5.82 Å². The molecular formula is C15H13N5. The molecular weight excluding hydrogens is 250 g/mol. The topological polar surface area (TPSA) is 77.6 Å². The first kappa shape index (κ1) is 12.2. The third-order valence-electron chi connectivity index (χ3n) is 2.82. The van der Waals surface area contributed by atoms with E-state index < -0.39 is 0 Å². The molecule has 0 spiro atoms. The second-order valence-electron chi connectivity index (χ2n) is 4.34. The number of hydrogen-bond acceptors (Lipinski definition) is 5. The third-order valence-corrected chi connectivity index (χ3v) is 2.82. The van der Waals surface area contributed by atoms with E-state index in [0.29, 0.717) is 18.1 Å². The molecule has 0 aliphatic carbocycles. The molecule has 2 aromatic heterocycles. The minimum Gasteiger partial charge on any atom is -0.368 e. The lowest BCUT2D eigenvalue weighted by molar-refractivity contribution is 0.931. The number of nitrogen functional groups attached to an aromatic ring is 1. The van der Waals surface area contributed by atoms with Crippen molar-refractivity contribution in [1.82, 2.24) is 19.9 Å². The summed E-state index contributed by atoms with van der Waals surface area (Å²) < 4.78 is 0. The van der Waals surface area contributed by atoms with Crippen molar-refractivity contribution in [2.75, 3.05) is 5.73 Å². The maximum atomic E-state index is 5.77. The third kappa shape index (κ3) is 2.77. The Balaban J connectivity index is 1.95. The van der Waals surface area contributed by atoms with Gasteiger partial charge >= 0.3 is 0 Å². The number of rotatable bonds is 3. The molecule has 1 aromatic carbocycles. The van der Waals surface area contributed by atoms with Crippen LogP contribution in [0, 0.1) is 0 Å². The SMILES string of the molecule is Nc1nc(Cc2cccnc2)nc(-c2ccccc2)n1. The quantitative estimate of drug-likeness (QED) is 0.783. The number of pyridine rings is 1. The lowest BCUT2D eigenvalue weighted by Crippen LogP contribution is -2.05. The largest absolute Gasteiger partial charge is 0.368 e. The summed E-state index contributed by atoms with van der Waals surface area (Å²) in [6.45, 7) is 0. The Labute approximate surface area is 116 Å².